The van der Waals surface area contributed by atoms with Crippen molar-refractivity contribution < 1.29 is 4.90 Å². The Morgan fingerprint density at radius 2 is 1.47 bits per heavy atom. The van der Waals surface area contributed by atoms with Gasteiger partial charge in [0.2, 0.25) is 0 Å². The lowest BCUT2D eigenvalue weighted by molar-refractivity contribution is -0.906. The first-order valence-electron chi connectivity index (χ1n) is 7.04. The molecule has 1 unspecified atom stereocenters. The summed E-state index contributed by atoms with van der Waals surface area (Å²) in [5, 5.41) is 0. The molecule has 1 atom stereocenters. The van der Waals surface area contributed by atoms with Crippen LogP contribution in [0.3, 0.4) is 0 Å². The number of nitrogens with one attached hydrogen (secondary N) is 1. The smallest absolute Gasteiger partial charge is 0.134 e. The van der Waals surface area contributed by atoms with Crippen molar-refractivity contribution in [1.29, 1.82) is 0 Å². The SMILES string of the molecule is c1ccc(CN2CC[NH+](Cc3ccccc3)C2)cc1. The van der Waals surface area contributed by atoms with E-state index < -0.39 is 0 Å². The molecule has 2 aromatic carbocycles. The van der Waals surface area contributed by atoms with Crippen LogP contribution in [0.4, 0.5) is 0 Å². The van der Waals surface area contributed by atoms with Crippen LogP contribution in [0.25, 0.3) is 0 Å². The normalized spacial score (nSPS) is 19.7. The van der Waals surface area contributed by atoms with Crippen LogP contribution in [0.2, 0.25) is 0 Å². The lowest BCUT2D eigenvalue weighted by atomic mass is 10.2. The van der Waals surface area contributed by atoms with Gasteiger partial charge in [0.05, 0.1) is 13.1 Å². The predicted octanol–water partition coefficient (Wildman–Crippen LogP) is 1.54. The van der Waals surface area contributed by atoms with E-state index in [2.05, 4.69) is 65.6 Å². The van der Waals surface area contributed by atoms with E-state index in [4.69, 9.17) is 0 Å². The van der Waals surface area contributed by atoms with Gasteiger partial charge in [-0.1, -0.05) is 60.7 Å². The minimum absolute atomic E-state index is 1.08. The van der Waals surface area contributed by atoms with Crippen LogP contribution >= 0.6 is 0 Å². The Balaban J connectivity index is 1.53. The Labute approximate surface area is 115 Å². The molecule has 2 heteroatoms. The molecule has 0 radical (unpaired) electrons. The molecule has 0 aliphatic carbocycles. The van der Waals surface area contributed by atoms with E-state index in [1.807, 2.05) is 0 Å². The van der Waals surface area contributed by atoms with E-state index in [1.165, 1.54) is 24.2 Å². The fraction of sp³-hybridized carbons (Fsp3) is 0.294. The molecule has 1 aliphatic rings. The summed E-state index contributed by atoms with van der Waals surface area (Å²) in [6.45, 7) is 5.84. The van der Waals surface area contributed by atoms with Gasteiger partial charge in [0.15, 0.2) is 0 Å². The summed E-state index contributed by atoms with van der Waals surface area (Å²) in [4.78, 5) is 4.22. The molecule has 0 saturated carbocycles. The van der Waals surface area contributed by atoms with Crippen LogP contribution in [0.15, 0.2) is 60.7 Å². The van der Waals surface area contributed by atoms with Gasteiger partial charge in [-0.15, -0.1) is 0 Å². The number of hydrogen-bond acceptors (Lipinski definition) is 1. The lowest BCUT2D eigenvalue weighted by Gasteiger charge is -2.15. The summed E-state index contributed by atoms with van der Waals surface area (Å²) in [5.41, 5.74) is 2.86. The highest BCUT2D eigenvalue weighted by Gasteiger charge is 2.23. The summed E-state index contributed by atoms with van der Waals surface area (Å²) < 4.78 is 0. The molecule has 1 saturated heterocycles. The van der Waals surface area contributed by atoms with Gasteiger partial charge in [-0.2, -0.15) is 0 Å². The van der Waals surface area contributed by atoms with Crippen LogP contribution in [0, 0.1) is 0 Å². The zero-order chi connectivity index (χ0) is 12.9. The predicted molar refractivity (Wildman–Crippen MR) is 77.7 cm³/mol. The largest absolute Gasteiger partial charge is 0.318 e. The average molecular weight is 253 g/mol. The maximum atomic E-state index is 2.55. The Kier molecular flexibility index (Phi) is 3.92. The minimum atomic E-state index is 1.08. The molecule has 0 aromatic heterocycles. The number of rotatable bonds is 4. The van der Waals surface area contributed by atoms with Gasteiger partial charge in [-0.05, 0) is 5.56 Å². The molecule has 3 rings (SSSR count). The maximum Gasteiger partial charge on any atom is 0.134 e. The van der Waals surface area contributed by atoms with E-state index >= 15 is 0 Å². The highest BCUT2D eigenvalue weighted by molar-refractivity contribution is 5.14. The van der Waals surface area contributed by atoms with E-state index in [0.717, 1.165) is 19.8 Å². The minimum Gasteiger partial charge on any atom is -0.318 e. The maximum absolute atomic E-state index is 2.55. The van der Waals surface area contributed by atoms with Gasteiger partial charge in [0.25, 0.3) is 0 Å². The van der Waals surface area contributed by atoms with Crippen LogP contribution in [0.1, 0.15) is 11.1 Å². The average Bonchev–Trinajstić information content (AvgIpc) is 2.88. The summed E-state index contributed by atoms with van der Waals surface area (Å²) in [7, 11) is 0. The second kappa shape index (κ2) is 6.00. The number of quaternary nitrogens is 1. The van der Waals surface area contributed by atoms with Gasteiger partial charge in [-0.3, -0.25) is 0 Å². The monoisotopic (exact) mass is 253 g/mol. The Morgan fingerprint density at radius 1 is 0.842 bits per heavy atom. The van der Waals surface area contributed by atoms with Crippen molar-refractivity contribution in [2.45, 2.75) is 13.1 Å². The van der Waals surface area contributed by atoms with Crippen LogP contribution in [-0.2, 0) is 13.1 Å². The second-order valence-electron chi connectivity index (χ2n) is 5.36. The van der Waals surface area contributed by atoms with Crippen molar-refractivity contribution in [3.63, 3.8) is 0 Å². The van der Waals surface area contributed by atoms with Crippen LogP contribution in [-0.4, -0.2) is 24.7 Å². The number of nitrogens with zero attached hydrogens (tertiary/aromatic N) is 1. The quantitative estimate of drug-likeness (QED) is 0.868. The zero-order valence-corrected chi connectivity index (χ0v) is 11.3. The first kappa shape index (κ1) is 12.4. The van der Waals surface area contributed by atoms with Crippen molar-refractivity contribution >= 4 is 0 Å². The molecule has 0 spiro atoms. The molecule has 0 bridgehead atoms. The van der Waals surface area contributed by atoms with Gasteiger partial charge in [0, 0.05) is 12.1 Å². The zero-order valence-electron chi connectivity index (χ0n) is 11.3. The molecule has 19 heavy (non-hydrogen) atoms. The van der Waals surface area contributed by atoms with Crippen molar-refractivity contribution in [1.82, 2.24) is 4.90 Å². The van der Waals surface area contributed by atoms with Crippen molar-refractivity contribution in [3.05, 3.63) is 71.8 Å². The topological polar surface area (TPSA) is 7.68 Å². The fourth-order valence-corrected chi connectivity index (χ4v) is 2.80. The molecule has 1 N–H and O–H groups in total. The molecule has 2 nitrogen and oxygen atoms in total. The van der Waals surface area contributed by atoms with Gasteiger partial charge >= 0.3 is 0 Å². The van der Waals surface area contributed by atoms with Gasteiger partial charge < -0.3 is 4.90 Å². The standard InChI is InChI=1S/C17H20N2/c1-3-7-16(8-4-1)13-18-11-12-19(15-18)14-17-9-5-2-6-10-17/h1-10H,11-15H2/p+1. The fourth-order valence-electron chi connectivity index (χ4n) is 2.80. The highest BCUT2D eigenvalue weighted by Crippen LogP contribution is 2.04. The number of hydrogen-bond donors (Lipinski definition) is 1. The summed E-state index contributed by atoms with van der Waals surface area (Å²) >= 11 is 0. The molecule has 2 aromatic rings. The third-order valence-corrected chi connectivity index (χ3v) is 3.77. The lowest BCUT2D eigenvalue weighted by Crippen LogP contribution is -3.09. The Hall–Kier alpha value is -1.64. The van der Waals surface area contributed by atoms with E-state index in [0.29, 0.717) is 0 Å². The Morgan fingerprint density at radius 3 is 2.16 bits per heavy atom. The first-order valence-corrected chi connectivity index (χ1v) is 7.04. The van der Waals surface area contributed by atoms with E-state index in [-0.39, 0.29) is 0 Å². The highest BCUT2D eigenvalue weighted by atomic mass is 15.4. The molecular weight excluding hydrogens is 232 g/mol. The van der Waals surface area contributed by atoms with Gasteiger partial charge in [0.1, 0.15) is 13.2 Å². The summed E-state index contributed by atoms with van der Waals surface area (Å²) in [6, 6.07) is 21.6. The van der Waals surface area contributed by atoms with E-state index in [9.17, 15) is 0 Å². The molecule has 1 aliphatic heterocycles. The van der Waals surface area contributed by atoms with Crippen molar-refractivity contribution in [3.8, 4) is 0 Å². The molecule has 0 amide bonds. The first-order chi connectivity index (χ1) is 9.40. The number of benzene rings is 2. The van der Waals surface area contributed by atoms with Crippen molar-refractivity contribution in [2.75, 3.05) is 19.8 Å². The van der Waals surface area contributed by atoms with Gasteiger partial charge in [-0.25, -0.2) is 4.90 Å². The second-order valence-corrected chi connectivity index (χ2v) is 5.36. The molecule has 1 fully saturated rings. The van der Waals surface area contributed by atoms with E-state index in [1.54, 1.807) is 4.90 Å². The molecular formula is C17H21N2+. The summed E-state index contributed by atoms with van der Waals surface area (Å²) in [6.07, 6.45) is 0. The van der Waals surface area contributed by atoms with Crippen LogP contribution in [0.5, 0.6) is 0 Å². The third kappa shape index (κ3) is 3.43. The summed E-state index contributed by atoms with van der Waals surface area (Å²) in [5.74, 6) is 0. The molecule has 1 heterocycles. The molecule has 98 valence electrons. The van der Waals surface area contributed by atoms with Crippen molar-refractivity contribution in [2.24, 2.45) is 0 Å². The Bertz CT molecular complexity index is 448. The van der Waals surface area contributed by atoms with Crippen LogP contribution < -0.4 is 4.90 Å². The third-order valence-electron chi connectivity index (χ3n) is 3.77.